The molecule has 4 rings (SSSR count). The van der Waals surface area contributed by atoms with E-state index in [0.717, 1.165) is 0 Å². The van der Waals surface area contributed by atoms with Gasteiger partial charge in [0.05, 0.1) is 0 Å². The Morgan fingerprint density at radius 3 is 2.85 bits per heavy atom. The fourth-order valence-corrected chi connectivity index (χ4v) is 3.18. The number of aromatic nitrogens is 5. The van der Waals surface area contributed by atoms with Crippen LogP contribution in [0.1, 0.15) is 17.3 Å². The number of hydrogen-bond acceptors (Lipinski definition) is 7. The number of alkyl halides is 3. The number of benzene rings is 1. The maximum atomic E-state index is 12.4. The van der Waals surface area contributed by atoms with Gasteiger partial charge in [0.15, 0.2) is 16.7 Å². The third kappa shape index (κ3) is 3.38. The summed E-state index contributed by atoms with van der Waals surface area (Å²) in [6, 6.07) is 5.71. The zero-order valence-electron chi connectivity index (χ0n) is 13.2. The van der Waals surface area contributed by atoms with Gasteiger partial charge in [-0.1, -0.05) is 23.5 Å². The molecule has 3 heterocycles. The molecule has 0 aliphatic rings. The lowest BCUT2D eigenvalue weighted by atomic mass is 10.1. The highest BCUT2D eigenvalue weighted by molar-refractivity contribution is 7.19. The van der Waals surface area contributed by atoms with Crippen LogP contribution in [-0.4, -0.2) is 31.2 Å². The SMILES string of the molecule is Cc1nc(-c2nn3c(Cc4cccc(OC(F)(F)F)c4)nnc3s2)co1. The molecule has 0 saturated carbocycles. The van der Waals surface area contributed by atoms with Gasteiger partial charge in [-0.2, -0.15) is 9.61 Å². The van der Waals surface area contributed by atoms with Gasteiger partial charge < -0.3 is 9.15 Å². The summed E-state index contributed by atoms with van der Waals surface area (Å²) < 4.78 is 47.7. The summed E-state index contributed by atoms with van der Waals surface area (Å²) in [6.07, 6.45) is -2.99. The summed E-state index contributed by atoms with van der Waals surface area (Å²) in [7, 11) is 0. The predicted molar refractivity (Wildman–Crippen MR) is 84.8 cm³/mol. The van der Waals surface area contributed by atoms with Crippen molar-refractivity contribution in [3.05, 3.63) is 47.8 Å². The number of halogens is 3. The van der Waals surface area contributed by atoms with E-state index < -0.39 is 6.36 Å². The van der Waals surface area contributed by atoms with Gasteiger partial charge in [0.2, 0.25) is 4.96 Å². The second-order valence-corrected chi connectivity index (χ2v) is 6.30. The molecule has 1 aromatic carbocycles. The molecule has 26 heavy (non-hydrogen) atoms. The summed E-state index contributed by atoms with van der Waals surface area (Å²) in [5.74, 6) is 0.729. The fraction of sp³-hybridized carbons (Fsp3) is 0.200. The number of ether oxygens (including phenoxy) is 1. The molecule has 4 aromatic rings. The van der Waals surface area contributed by atoms with Gasteiger partial charge in [-0.05, 0) is 17.7 Å². The van der Waals surface area contributed by atoms with Crippen molar-refractivity contribution in [2.24, 2.45) is 0 Å². The van der Waals surface area contributed by atoms with E-state index in [9.17, 15) is 13.2 Å². The lowest BCUT2D eigenvalue weighted by Gasteiger charge is -2.09. The smallest absolute Gasteiger partial charge is 0.449 e. The van der Waals surface area contributed by atoms with E-state index in [1.54, 1.807) is 17.5 Å². The first-order chi connectivity index (χ1) is 12.4. The first-order valence-corrected chi connectivity index (χ1v) is 8.17. The van der Waals surface area contributed by atoms with E-state index in [4.69, 9.17) is 4.42 Å². The molecule has 0 aliphatic carbocycles. The fourth-order valence-electron chi connectivity index (χ4n) is 2.37. The Hall–Kier alpha value is -2.95. The first kappa shape index (κ1) is 16.5. The Kier molecular flexibility index (Phi) is 3.87. The number of fused-ring (bicyclic) bond motifs is 1. The number of aryl methyl sites for hydroxylation is 1. The van der Waals surface area contributed by atoms with Crippen molar-refractivity contribution in [3.63, 3.8) is 0 Å². The molecular formula is C15H10F3N5O2S. The summed E-state index contributed by atoms with van der Waals surface area (Å²) in [5, 5.41) is 13.1. The third-order valence-corrected chi connectivity index (χ3v) is 4.31. The van der Waals surface area contributed by atoms with E-state index in [1.165, 1.54) is 35.8 Å². The molecule has 0 aliphatic heterocycles. The van der Waals surface area contributed by atoms with E-state index in [2.05, 4.69) is 25.0 Å². The highest BCUT2D eigenvalue weighted by Crippen LogP contribution is 2.26. The van der Waals surface area contributed by atoms with E-state index in [-0.39, 0.29) is 12.2 Å². The molecular weight excluding hydrogens is 371 g/mol. The first-order valence-electron chi connectivity index (χ1n) is 7.36. The van der Waals surface area contributed by atoms with Crippen LogP contribution in [0.4, 0.5) is 13.2 Å². The molecule has 0 spiro atoms. The van der Waals surface area contributed by atoms with Crippen molar-refractivity contribution in [2.75, 3.05) is 0 Å². The predicted octanol–water partition coefficient (Wildman–Crippen LogP) is 3.64. The van der Waals surface area contributed by atoms with Gasteiger partial charge in [0.25, 0.3) is 0 Å². The third-order valence-electron chi connectivity index (χ3n) is 3.39. The summed E-state index contributed by atoms with van der Waals surface area (Å²) >= 11 is 1.29. The number of nitrogens with zero attached hydrogens (tertiary/aromatic N) is 5. The molecule has 0 fully saturated rings. The minimum Gasteiger partial charge on any atom is -0.449 e. The zero-order valence-corrected chi connectivity index (χ0v) is 14.0. The summed E-state index contributed by atoms with van der Waals surface area (Å²) in [5.41, 5.74) is 1.18. The Morgan fingerprint density at radius 2 is 2.12 bits per heavy atom. The van der Waals surface area contributed by atoms with Gasteiger partial charge in [0.1, 0.15) is 17.7 Å². The molecule has 0 radical (unpaired) electrons. The highest BCUT2D eigenvalue weighted by atomic mass is 32.1. The average Bonchev–Trinajstić information content (AvgIpc) is 3.23. The second-order valence-electron chi connectivity index (χ2n) is 5.34. The summed E-state index contributed by atoms with van der Waals surface area (Å²) in [6.45, 7) is 1.73. The van der Waals surface area contributed by atoms with E-state index in [0.29, 0.717) is 32.9 Å². The Labute approximate surface area is 148 Å². The standard InChI is InChI=1S/C15H10F3N5O2S/c1-8-19-11(7-24-8)13-22-23-12(20-21-14(23)26-13)6-9-3-2-4-10(5-9)25-15(16,17)18/h2-5,7H,6H2,1H3. The Bertz CT molecular complexity index is 1070. The molecule has 0 saturated heterocycles. The minimum atomic E-state index is -4.74. The monoisotopic (exact) mass is 381 g/mol. The van der Waals surface area contributed by atoms with Gasteiger partial charge >= 0.3 is 6.36 Å². The van der Waals surface area contributed by atoms with Gasteiger partial charge in [0, 0.05) is 13.3 Å². The normalized spacial score (nSPS) is 12.0. The highest BCUT2D eigenvalue weighted by Gasteiger charge is 2.31. The molecule has 7 nitrogen and oxygen atoms in total. The number of hydrogen-bond donors (Lipinski definition) is 0. The minimum absolute atomic E-state index is 0.247. The van der Waals surface area contributed by atoms with Crippen molar-refractivity contribution in [2.45, 2.75) is 19.7 Å². The number of rotatable bonds is 4. The van der Waals surface area contributed by atoms with Gasteiger partial charge in [-0.15, -0.1) is 23.4 Å². The summed E-state index contributed by atoms with van der Waals surface area (Å²) in [4.78, 5) is 4.77. The van der Waals surface area contributed by atoms with Gasteiger partial charge in [-0.3, -0.25) is 0 Å². The van der Waals surface area contributed by atoms with Crippen LogP contribution in [0.15, 0.2) is 34.9 Å². The molecule has 11 heteroatoms. The maximum absolute atomic E-state index is 12.4. The molecule has 0 amide bonds. The Balaban J connectivity index is 1.61. The average molecular weight is 381 g/mol. The van der Waals surface area contributed by atoms with Crippen molar-refractivity contribution in [1.29, 1.82) is 0 Å². The Morgan fingerprint density at radius 1 is 1.27 bits per heavy atom. The van der Waals surface area contributed by atoms with Crippen LogP contribution in [0.3, 0.4) is 0 Å². The van der Waals surface area contributed by atoms with Crippen LogP contribution in [-0.2, 0) is 6.42 Å². The number of oxazole rings is 1. The van der Waals surface area contributed by atoms with E-state index in [1.807, 2.05) is 0 Å². The second kappa shape index (κ2) is 6.09. The maximum Gasteiger partial charge on any atom is 0.573 e. The lowest BCUT2D eigenvalue weighted by Crippen LogP contribution is -2.17. The van der Waals surface area contributed by atoms with Crippen LogP contribution in [0.25, 0.3) is 15.7 Å². The van der Waals surface area contributed by atoms with Crippen LogP contribution < -0.4 is 4.74 Å². The molecule has 0 atom stereocenters. The molecule has 3 aromatic heterocycles. The van der Waals surface area contributed by atoms with Crippen LogP contribution in [0.5, 0.6) is 5.75 Å². The van der Waals surface area contributed by atoms with Crippen molar-refractivity contribution in [1.82, 2.24) is 24.8 Å². The van der Waals surface area contributed by atoms with Crippen LogP contribution in [0, 0.1) is 6.92 Å². The van der Waals surface area contributed by atoms with Crippen LogP contribution >= 0.6 is 11.3 Å². The van der Waals surface area contributed by atoms with E-state index >= 15 is 0 Å². The largest absolute Gasteiger partial charge is 0.573 e. The quantitative estimate of drug-likeness (QED) is 0.537. The van der Waals surface area contributed by atoms with Gasteiger partial charge in [-0.25, -0.2) is 4.98 Å². The van der Waals surface area contributed by atoms with Crippen molar-refractivity contribution in [3.8, 4) is 16.5 Å². The molecule has 0 unspecified atom stereocenters. The molecule has 0 bridgehead atoms. The topological polar surface area (TPSA) is 78.3 Å². The van der Waals surface area contributed by atoms with Crippen LogP contribution in [0.2, 0.25) is 0 Å². The lowest BCUT2D eigenvalue weighted by molar-refractivity contribution is -0.274. The zero-order chi connectivity index (χ0) is 18.3. The molecule has 134 valence electrons. The van der Waals surface area contributed by atoms with Crippen molar-refractivity contribution < 1.29 is 22.3 Å². The molecule has 0 N–H and O–H groups in total. The van der Waals surface area contributed by atoms with Crippen molar-refractivity contribution >= 4 is 16.3 Å².